The Morgan fingerprint density at radius 1 is 1.03 bits per heavy atom. The van der Waals surface area contributed by atoms with Gasteiger partial charge in [0.1, 0.15) is 5.75 Å². The van der Waals surface area contributed by atoms with Gasteiger partial charge in [0.2, 0.25) is 5.91 Å². The van der Waals surface area contributed by atoms with Gasteiger partial charge in [0, 0.05) is 48.6 Å². The van der Waals surface area contributed by atoms with Crippen LogP contribution >= 0.6 is 11.8 Å². The minimum atomic E-state index is 0.213. The molecule has 2 aliphatic heterocycles. The number of piperazine rings is 1. The van der Waals surface area contributed by atoms with Gasteiger partial charge in [-0.3, -0.25) is 9.69 Å². The minimum absolute atomic E-state index is 0.213. The predicted molar refractivity (Wildman–Crippen MR) is 120 cm³/mol. The van der Waals surface area contributed by atoms with Crippen molar-refractivity contribution in [3.8, 4) is 5.75 Å². The van der Waals surface area contributed by atoms with E-state index in [2.05, 4.69) is 47.1 Å². The fraction of sp³-hybridized carbons (Fsp3) is 0.435. The Hall–Kier alpha value is -2.18. The van der Waals surface area contributed by atoms with Crippen LogP contribution in [0.3, 0.4) is 0 Å². The Bertz CT molecular complexity index is 834. The molecule has 5 nitrogen and oxygen atoms in total. The largest absolute Gasteiger partial charge is 0.497 e. The molecule has 1 unspecified atom stereocenters. The van der Waals surface area contributed by atoms with Crippen LogP contribution in [-0.2, 0) is 4.79 Å². The van der Waals surface area contributed by atoms with Crippen molar-refractivity contribution in [2.45, 2.75) is 23.5 Å². The van der Waals surface area contributed by atoms with Crippen LogP contribution in [-0.4, -0.2) is 62.4 Å². The second-order valence-electron chi connectivity index (χ2n) is 7.69. The van der Waals surface area contributed by atoms with Gasteiger partial charge in [-0.15, -0.1) is 11.8 Å². The lowest BCUT2D eigenvalue weighted by molar-refractivity contribution is -0.119. The van der Waals surface area contributed by atoms with Crippen molar-refractivity contribution in [2.75, 3.05) is 56.2 Å². The molecule has 1 fully saturated rings. The first kappa shape index (κ1) is 20.1. The second kappa shape index (κ2) is 9.09. The summed E-state index contributed by atoms with van der Waals surface area (Å²) in [6, 6.07) is 16.5. The first-order valence-corrected chi connectivity index (χ1v) is 11.2. The maximum atomic E-state index is 13.2. The molecule has 2 aliphatic rings. The molecule has 1 amide bonds. The zero-order valence-electron chi connectivity index (χ0n) is 17.2. The van der Waals surface area contributed by atoms with Crippen molar-refractivity contribution in [1.29, 1.82) is 0 Å². The SMILES string of the molecule is COc1ccc(N2CCN(CC(=O)N3CCC(C)Sc4ccccc43)CC2)cc1. The standard InChI is InChI=1S/C23H29N3O2S/c1-18-11-12-26(21-5-3-4-6-22(21)29-18)23(27)17-24-13-15-25(16-14-24)19-7-9-20(28-2)10-8-19/h3-10,18H,11-17H2,1-2H3. The van der Waals surface area contributed by atoms with Gasteiger partial charge in [0.05, 0.1) is 19.3 Å². The van der Waals surface area contributed by atoms with Crippen LogP contribution in [0.2, 0.25) is 0 Å². The van der Waals surface area contributed by atoms with Gasteiger partial charge < -0.3 is 14.5 Å². The average Bonchev–Trinajstić information content (AvgIpc) is 2.92. The number of fused-ring (bicyclic) bond motifs is 1. The molecule has 2 aromatic carbocycles. The van der Waals surface area contributed by atoms with E-state index in [9.17, 15) is 4.79 Å². The molecule has 2 heterocycles. The number of hydrogen-bond acceptors (Lipinski definition) is 5. The first-order chi connectivity index (χ1) is 14.1. The lowest BCUT2D eigenvalue weighted by Crippen LogP contribution is -2.50. The molecule has 0 saturated carbocycles. The predicted octanol–water partition coefficient (Wildman–Crippen LogP) is 3.73. The zero-order chi connectivity index (χ0) is 20.2. The number of carbonyl (C=O) groups excluding carboxylic acids is 1. The maximum absolute atomic E-state index is 13.2. The van der Waals surface area contributed by atoms with Gasteiger partial charge in [-0.05, 0) is 42.8 Å². The average molecular weight is 412 g/mol. The highest BCUT2D eigenvalue weighted by Crippen LogP contribution is 2.37. The lowest BCUT2D eigenvalue weighted by Gasteiger charge is -2.36. The summed E-state index contributed by atoms with van der Waals surface area (Å²) in [4.78, 5) is 21.0. The number of thioether (sulfide) groups is 1. The van der Waals surface area contributed by atoms with Crippen LogP contribution in [0.4, 0.5) is 11.4 Å². The summed E-state index contributed by atoms with van der Waals surface area (Å²) >= 11 is 1.88. The summed E-state index contributed by atoms with van der Waals surface area (Å²) in [6.07, 6.45) is 1.02. The molecular weight excluding hydrogens is 382 g/mol. The van der Waals surface area contributed by atoms with Gasteiger partial charge in [0.15, 0.2) is 0 Å². The van der Waals surface area contributed by atoms with E-state index in [1.165, 1.54) is 10.6 Å². The first-order valence-electron chi connectivity index (χ1n) is 10.3. The number of hydrogen-bond donors (Lipinski definition) is 0. The Balaban J connectivity index is 1.36. The fourth-order valence-electron chi connectivity index (χ4n) is 3.98. The summed E-state index contributed by atoms with van der Waals surface area (Å²) in [7, 11) is 1.69. The minimum Gasteiger partial charge on any atom is -0.497 e. The molecule has 0 bridgehead atoms. The number of anilines is 2. The fourth-order valence-corrected chi connectivity index (χ4v) is 5.09. The Labute approximate surface area is 177 Å². The third kappa shape index (κ3) is 4.70. The van der Waals surface area contributed by atoms with Crippen LogP contribution < -0.4 is 14.5 Å². The molecule has 6 heteroatoms. The van der Waals surface area contributed by atoms with Gasteiger partial charge in [-0.2, -0.15) is 0 Å². The van der Waals surface area contributed by atoms with E-state index in [1.807, 2.05) is 34.9 Å². The quantitative estimate of drug-likeness (QED) is 0.766. The van der Waals surface area contributed by atoms with Gasteiger partial charge in [-0.1, -0.05) is 19.1 Å². The maximum Gasteiger partial charge on any atom is 0.241 e. The summed E-state index contributed by atoms with van der Waals surface area (Å²) < 4.78 is 5.25. The van der Waals surface area contributed by atoms with Gasteiger partial charge in [-0.25, -0.2) is 0 Å². The Kier molecular flexibility index (Phi) is 6.31. The van der Waals surface area contributed by atoms with Crippen LogP contribution in [0, 0.1) is 0 Å². The molecule has 0 spiro atoms. The van der Waals surface area contributed by atoms with Crippen molar-refractivity contribution in [1.82, 2.24) is 4.90 Å². The molecule has 0 aromatic heterocycles. The van der Waals surface area contributed by atoms with Crippen molar-refractivity contribution >= 4 is 29.0 Å². The second-order valence-corrected chi connectivity index (χ2v) is 9.17. The third-order valence-corrected chi connectivity index (χ3v) is 6.95. The number of nitrogens with zero attached hydrogens (tertiary/aromatic N) is 3. The molecule has 29 heavy (non-hydrogen) atoms. The van der Waals surface area contributed by atoms with Gasteiger partial charge >= 0.3 is 0 Å². The molecule has 1 atom stereocenters. The number of amides is 1. The molecule has 0 aliphatic carbocycles. The summed E-state index contributed by atoms with van der Waals surface area (Å²) in [6.45, 7) is 7.20. The summed E-state index contributed by atoms with van der Waals surface area (Å²) in [5, 5.41) is 0.530. The lowest BCUT2D eigenvalue weighted by atomic mass is 10.2. The number of methoxy groups -OCH3 is 1. The molecule has 154 valence electrons. The Morgan fingerprint density at radius 3 is 2.48 bits per heavy atom. The van der Waals surface area contributed by atoms with Gasteiger partial charge in [0.25, 0.3) is 0 Å². The van der Waals surface area contributed by atoms with E-state index in [-0.39, 0.29) is 5.91 Å². The van der Waals surface area contributed by atoms with E-state index in [4.69, 9.17) is 4.74 Å². The molecular formula is C23H29N3O2S. The van der Waals surface area contributed by atoms with Crippen molar-refractivity contribution < 1.29 is 9.53 Å². The normalized spacial score (nSPS) is 20.1. The highest BCUT2D eigenvalue weighted by atomic mass is 32.2. The molecule has 2 aromatic rings. The summed E-state index contributed by atoms with van der Waals surface area (Å²) in [5.41, 5.74) is 2.29. The number of carbonyl (C=O) groups is 1. The molecule has 4 rings (SSSR count). The van der Waals surface area contributed by atoms with E-state index < -0.39 is 0 Å². The molecule has 0 radical (unpaired) electrons. The van der Waals surface area contributed by atoms with Crippen LogP contribution in [0.5, 0.6) is 5.75 Å². The van der Waals surface area contributed by atoms with Crippen molar-refractivity contribution in [3.63, 3.8) is 0 Å². The highest BCUT2D eigenvalue weighted by Gasteiger charge is 2.26. The number of para-hydroxylation sites is 1. The van der Waals surface area contributed by atoms with E-state index in [0.717, 1.165) is 50.6 Å². The van der Waals surface area contributed by atoms with Crippen molar-refractivity contribution in [2.24, 2.45) is 0 Å². The zero-order valence-corrected chi connectivity index (χ0v) is 18.0. The van der Waals surface area contributed by atoms with Crippen LogP contribution in [0.1, 0.15) is 13.3 Å². The molecule has 1 saturated heterocycles. The monoisotopic (exact) mass is 411 g/mol. The van der Waals surface area contributed by atoms with Crippen molar-refractivity contribution in [3.05, 3.63) is 48.5 Å². The Morgan fingerprint density at radius 2 is 1.76 bits per heavy atom. The van der Waals surface area contributed by atoms with E-state index in [0.29, 0.717) is 11.8 Å². The van der Waals surface area contributed by atoms with Crippen LogP contribution in [0.15, 0.2) is 53.4 Å². The third-order valence-electron chi connectivity index (χ3n) is 5.71. The van der Waals surface area contributed by atoms with E-state index in [1.54, 1.807) is 7.11 Å². The topological polar surface area (TPSA) is 36.0 Å². The highest BCUT2D eigenvalue weighted by molar-refractivity contribution is 8.00. The number of benzene rings is 2. The summed E-state index contributed by atoms with van der Waals surface area (Å²) in [5.74, 6) is 1.09. The number of rotatable bonds is 4. The van der Waals surface area contributed by atoms with Crippen LogP contribution in [0.25, 0.3) is 0 Å². The number of ether oxygens (including phenoxy) is 1. The van der Waals surface area contributed by atoms with E-state index >= 15 is 0 Å². The smallest absolute Gasteiger partial charge is 0.241 e. The molecule has 0 N–H and O–H groups in total.